The summed E-state index contributed by atoms with van der Waals surface area (Å²) in [4.78, 5) is 68.7. The highest BCUT2D eigenvalue weighted by Crippen LogP contribution is 2.27. The minimum Gasteiger partial charge on any atom is -0.460 e. The molecule has 0 unspecified atom stereocenters. The van der Waals surface area contributed by atoms with Crippen LogP contribution in [-0.4, -0.2) is 74.7 Å². The van der Waals surface area contributed by atoms with E-state index in [-0.39, 0.29) is 17.8 Å². The topological polar surface area (TPSA) is 156 Å². The third-order valence-corrected chi connectivity index (χ3v) is 8.48. The van der Waals surface area contributed by atoms with E-state index in [4.69, 9.17) is 49.3 Å². The van der Waals surface area contributed by atoms with E-state index in [0.29, 0.717) is 30.6 Å². The van der Waals surface area contributed by atoms with Gasteiger partial charge in [0.2, 0.25) is 15.6 Å². The number of rotatable bonds is 12. The lowest BCUT2D eigenvalue weighted by atomic mass is 9.89. The molecule has 50 heavy (non-hydrogen) atoms. The lowest BCUT2D eigenvalue weighted by molar-refractivity contribution is -0.153. The van der Waals surface area contributed by atoms with Crippen molar-refractivity contribution in [1.29, 1.82) is 0 Å². The van der Waals surface area contributed by atoms with Gasteiger partial charge >= 0.3 is 11.9 Å². The predicted octanol–water partition coefficient (Wildman–Crippen LogP) is 5.26. The number of aromatic nitrogens is 1. The molecule has 3 rings (SSSR count). The Morgan fingerprint density at radius 3 is 2.38 bits per heavy atom. The van der Waals surface area contributed by atoms with Crippen molar-refractivity contribution in [1.82, 2.24) is 26.1 Å². The Kier molecular flexibility index (Phi) is 14.1. The minimum atomic E-state index is -1.76. The van der Waals surface area contributed by atoms with Gasteiger partial charge in [-0.25, -0.2) is 10.4 Å². The molecule has 0 radical (unpaired) electrons. The maximum atomic E-state index is 13.5. The number of halogens is 3. The molecule has 1 aromatic heterocycles. The summed E-state index contributed by atoms with van der Waals surface area (Å²) in [6.45, 7) is 13.5. The van der Waals surface area contributed by atoms with E-state index < -0.39 is 57.8 Å². The number of amides is 3. The molecule has 1 aliphatic heterocycles. The van der Waals surface area contributed by atoms with E-state index in [9.17, 15) is 24.0 Å². The Morgan fingerprint density at radius 1 is 1.08 bits per heavy atom. The Morgan fingerprint density at radius 2 is 1.76 bits per heavy atom. The van der Waals surface area contributed by atoms with Gasteiger partial charge in [-0.2, -0.15) is 0 Å². The van der Waals surface area contributed by atoms with Crippen LogP contribution < -0.4 is 16.1 Å². The molecule has 12 nitrogen and oxygen atoms in total. The maximum Gasteiger partial charge on any atom is 0.325 e. The number of alkyl halides is 3. The lowest BCUT2D eigenvalue weighted by Crippen LogP contribution is -2.61. The average Bonchev–Trinajstić information content (AvgIpc) is 3.03. The van der Waals surface area contributed by atoms with E-state index in [1.807, 2.05) is 37.3 Å². The van der Waals surface area contributed by atoms with Crippen molar-refractivity contribution >= 4 is 81.4 Å². The molecule has 3 N–H and O–H groups in total. The summed E-state index contributed by atoms with van der Waals surface area (Å²) < 4.78 is 8.61. The highest BCUT2D eigenvalue weighted by molar-refractivity contribution is 6.67. The third-order valence-electron chi connectivity index (χ3n) is 8.16. The molecule has 0 saturated carbocycles. The highest BCUT2D eigenvalue weighted by Gasteiger charge is 2.35. The molecule has 1 aromatic carbocycles. The number of nitrogens with one attached hydrogen (secondary N) is 3. The third kappa shape index (κ3) is 11.5. The molecular weight excluding hydrogens is 709 g/mol. The summed E-state index contributed by atoms with van der Waals surface area (Å²) in [6.07, 6.45) is 3.97. The fourth-order valence-electron chi connectivity index (χ4n) is 5.33. The van der Waals surface area contributed by atoms with Gasteiger partial charge in [0.1, 0.15) is 30.8 Å². The molecule has 4 atom stereocenters. The summed E-state index contributed by atoms with van der Waals surface area (Å²) in [7, 11) is 0. The van der Waals surface area contributed by atoms with Gasteiger partial charge in [0.05, 0.1) is 16.6 Å². The van der Waals surface area contributed by atoms with Gasteiger partial charge in [0.15, 0.2) is 0 Å². The number of nitrogens with zero attached hydrogens (tertiary/aromatic N) is 2. The summed E-state index contributed by atoms with van der Waals surface area (Å²) in [5.41, 5.74) is 4.90. The molecule has 3 amide bonds. The van der Waals surface area contributed by atoms with Gasteiger partial charge in [-0.15, -0.1) is 0 Å². The van der Waals surface area contributed by atoms with E-state index in [1.54, 1.807) is 40.7 Å². The first-order chi connectivity index (χ1) is 23.2. The summed E-state index contributed by atoms with van der Waals surface area (Å²) in [5, 5.41) is 7.73. The maximum absolute atomic E-state index is 13.5. The predicted molar refractivity (Wildman–Crippen MR) is 193 cm³/mol. The summed E-state index contributed by atoms with van der Waals surface area (Å²) in [5.74, 6) is -2.74. The average molecular weight is 755 g/mol. The van der Waals surface area contributed by atoms with Crippen LogP contribution in [0.5, 0.6) is 0 Å². The number of esters is 2. The van der Waals surface area contributed by atoms with Crippen LogP contribution in [0, 0.1) is 18.3 Å². The second-order valence-corrected chi connectivity index (χ2v) is 15.9. The van der Waals surface area contributed by atoms with Crippen molar-refractivity contribution in [3.05, 3.63) is 47.2 Å². The van der Waals surface area contributed by atoms with Gasteiger partial charge in [0, 0.05) is 18.9 Å². The normalized spacial score (nSPS) is 17.3. The van der Waals surface area contributed by atoms with E-state index >= 15 is 0 Å². The number of pyridine rings is 1. The van der Waals surface area contributed by atoms with Crippen LogP contribution in [0.15, 0.2) is 30.3 Å². The van der Waals surface area contributed by atoms with Crippen LogP contribution >= 0.6 is 34.8 Å². The van der Waals surface area contributed by atoms with Crippen LogP contribution in [-0.2, 0) is 33.4 Å². The summed E-state index contributed by atoms with van der Waals surface area (Å²) >= 11 is 17.0. The Bertz CT molecular complexity index is 1630. The molecular formula is C35H46Cl3N5O7. The number of carbonyl (C=O) groups excluding carboxylic acids is 5. The standard InChI is InChI=1S/C35H46Cl3N5O7/c1-19(2)28(30(45)39-21(4)31(46)43-15-9-10-26(42-43)32(47)49-18-35(36,37)38)41-33(48)34(7,8)14-13-24-11-12-25-16-20(3)29(40-27(25)17-24)22(5)50-23(6)44/h11-14,16-17,19,21-22,26,28,42H,9-10,15,18H2,1-8H3,(H,39,45)(H,41,48)/t21-,22+,26-,28-/m0/s1. The number of hydrogen-bond donors (Lipinski definition) is 3. The minimum absolute atomic E-state index is 0.301. The van der Waals surface area contributed by atoms with Crippen molar-refractivity contribution in [2.24, 2.45) is 11.3 Å². The lowest BCUT2D eigenvalue weighted by Gasteiger charge is -2.35. The van der Waals surface area contributed by atoms with Crippen molar-refractivity contribution in [3.8, 4) is 0 Å². The Labute approximate surface area is 307 Å². The van der Waals surface area contributed by atoms with Gasteiger partial charge in [-0.1, -0.05) is 72.9 Å². The Hall–Kier alpha value is -3.45. The molecule has 1 aliphatic rings. The van der Waals surface area contributed by atoms with Gasteiger partial charge in [-0.05, 0) is 76.6 Å². The van der Waals surface area contributed by atoms with Crippen molar-refractivity contribution < 1.29 is 33.4 Å². The molecule has 1 fully saturated rings. The number of hydrazine groups is 1. The first-order valence-electron chi connectivity index (χ1n) is 16.4. The summed E-state index contributed by atoms with van der Waals surface area (Å²) in [6, 6.07) is 4.98. The monoisotopic (exact) mass is 753 g/mol. The van der Waals surface area contributed by atoms with Crippen LogP contribution in [0.4, 0.5) is 0 Å². The first-order valence-corrected chi connectivity index (χ1v) is 17.5. The number of carbonyl (C=O) groups is 5. The largest absolute Gasteiger partial charge is 0.460 e. The number of ether oxygens (including phenoxy) is 2. The molecule has 274 valence electrons. The smallest absolute Gasteiger partial charge is 0.325 e. The molecule has 0 bridgehead atoms. The van der Waals surface area contributed by atoms with Gasteiger partial charge in [-0.3, -0.25) is 29.0 Å². The number of benzene rings is 1. The van der Waals surface area contributed by atoms with Gasteiger partial charge < -0.3 is 20.1 Å². The van der Waals surface area contributed by atoms with Crippen LogP contribution in [0.3, 0.4) is 0 Å². The zero-order valence-electron chi connectivity index (χ0n) is 29.6. The number of hydrogen-bond acceptors (Lipinski definition) is 9. The quantitative estimate of drug-likeness (QED) is 0.194. The van der Waals surface area contributed by atoms with Crippen LogP contribution in [0.1, 0.15) is 84.2 Å². The van der Waals surface area contributed by atoms with E-state index in [1.165, 1.54) is 18.9 Å². The first kappa shape index (κ1) is 41.0. The Balaban J connectivity index is 1.65. The highest BCUT2D eigenvalue weighted by atomic mass is 35.6. The van der Waals surface area contributed by atoms with Crippen LogP contribution in [0.2, 0.25) is 0 Å². The molecule has 2 heterocycles. The zero-order valence-corrected chi connectivity index (χ0v) is 31.8. The van der Waals surface area contributed by atoms with E-state index in [0.717, 1.165) is 16.5 Å². The molecule has 2 aromatic rings. The number of fused-ring (bicyclic) bond motifs is 1. The van der Waals surface area contributed by atoms with Crippen molar-refractivity contribution in [2.45, 2.75) is 96.3 Å². The second-order valence-electron chi connectivity index (χ2n) is 13.4. The van der Waals surface area contributed by atoms with Crippen LogP contribution in [0.25, 0.3) is 17.0 Å². The zero-order chi connectivity index (χ0) is 37.6. The number of aryl methyl sites for hydroxylation is 1. The fourth-order valence-corrected chi connectivity index (χ4v) is 5.50. The van der Waals surface area contributed by atoms with Gasteiger partial charge in [0.25, 0.3) is 5.91 Å². The molecule has 0 aliphatic carbocycles. The van der Waals surface area contributed by atoms with Crippen molar-refractivity contribution in [2.75, 3.05) is 13.2 Å². The SMILES string of the molecule is CC(=O)O[C@H](C)c1nc2cc(C=CC(C)(C)C(=O)N[C@H](C(=O)N[C@@H](C)C(=O)N3CCC[C@@H](C(=O)OCC(Cl)(Cl)Cl)N3)C(C)C)ccc2cc1C. The molecule has 15 heteroatoms. The fraction of sp³-hybridized carbons (Fsp3) is 0.543. The molecule has 1 saturated heterocycles. The second kappa shape index (κ2) is 17.2. The molecule has 0 spiro atoms. The van der Waals surface area contributed by atoms with Crippen molar-refractivity contribution in [3.63, 3.8) is 0 Å². The van der Waals surface area contributed by atoms with E-state index in [2.05, 4.69) is 16.1 Å².